The van der Waals surface area contributed by atoms with Gasteiger partial charge in [-0.25, -0.2) is 4.72 Å². The van der Waals surface area contributed by atoms with Crippen LogP contribution in [0.5, 0.6) is 0 Å². The minimum Gasteiger partial charge on any atom is -0.322 e. The maximum atomic E-state index is 12.9. The molecule has 0 atom stereocenters. The van der Waals surface area contributed by atoms with E-state index in [0.29, 0.717) is 5.56 Å². The van der Waals surface area contributed by atoms with Crippen LogP contribution in [0, 0.1) is 6.92 Å². The van der Waals surface area contributed by atoms with E-state index in [2.05, 4.69) is 38.4 Å². The molecule has 2 heterocycles. The molecule has 1 aromatic heterocycles. The van der Waals surface area contributed by atoms with Crippen LogP contribution >= 0.6 is 12.1 Å². The smallest absolute Gasteiger partial charge is 0.255 e. The van der Waals surface area contributed by atoms with Crippen LogP contribution in [-0.2, 0) is 0 Å². The highest BCUT2D eigenvalue weighted by Gasteiger charge is 2.14. The van der Waals surface area contributed by atoms with Gasteiger partial charge < -0.3 is 9.62 Å². The maximum Gasteiger partial charge on any atom is 0.255 e. The molecule has 1 amide bonds. The molecule has 3 aromatic carbocycles. The number of carbonyl (C=O) groups excluding carboxylic acids is 1. The highest BCUT2D eigenvalue weighted by Crippen LogP contribution is 2.31. The number of benzene rings is 3. The van der Waals surface area contributed by atoms with E-state index < -0.39 is 0 Å². The summed E-state index contributed by atoms with van der Waals surface area (Å²) in [7, 11) is 0. The molecule has 2 N–H and O–H groups in total. The predicted octanol–water partition coefficient (Wildman–Crippen LogP) is 6.85. The monoisotopic (exact) mass is 470 g/mol. The van der Waals surface area contributed by atoms with E-state index in [1.165, 1.54) is 0 Å². The standard InChI is InChI=1S/C26H24N4OS.C2H6/c1-18-7-10-21(17-24(18)25-23-6-3-2-5-19(23)13-15-27-25)29-26(31)20-8-11-22(12-9-20)30-16-4-14-28-32-30;1-2/h2-3,5-13,15,17,28H,4,14,16H2,1H3,(H,29,31);1-2H3. The molecular weight excluding hydrogens is 440 g/mol. The van der Waals surface area contributed by atoms with E-state index in [4.69, 9.17) is 0 Å². The summed E-state index contributed by atoms with van der Waals surface area (Å²) in [6.45, 7) is 8.09. The predicted molar refractivity (Wildman–Crippen MR) is 145 cm³/mol. The Bertz CT molecular complexity index is 1260. The number of anilines is 2. The van der Waals surface area contributed by atoms with Crippen molar-refractivity contribution < 1.29 is 4.79 Å². The van der Waals surface area contributed by atoms with E-state index in [-0.39, 0.29) is 5.91 Å². The van der Waals surface area contributed by atoms with Crippen molar-refractivity contribution in [2.45, 2.75) is 27.2 Å². The number of fused-ring (bicyclic) bond motifs is 1. The van der Waals surface area contributed by atoms with Crippen molar-refractivity contribution >= 4 is 40.2 Å². The fourth-order valence-corrected chi connectivity index (χ4v) is 4.76. The van der Waals surface area contributed by atoms with Crippen LogP contribution in [0.25, 0.3) is 22.0 Å². The number of pyridine rings is 1. The molecule has 1 aliphatic rings. The molecule has 0 radical (unpaired) electrons. The second kappa shape index (κ2) is 11.2. The van der Waals surface area contributed by atoms with Gasteiger partial charge in [-0.05, 0) is 66.8 Å². The van der Waals surface area contributed by atoms with E-state index in [9.17, 15) is 4.79 Å². The van der Waals surface area contributed by atoms with Gasteiger partial charge in [0.1, 0.15) is 0 Å². The molecule has 174 valence electrons. The van der Waals surface area contributed by atoms with Crippen molar-refractivity contribution in [1.29, 1.82) is 0 Å². The normalized spacial score (nSPS) is 13.2. The molecule has 1 fully saturated rings. The van der Waals surface area contributed by atoms with Crippen LogP contribution in [0.2, 0.25) is 0 Å². The van der Waals surface area contributed by atoms with Gasteiger partial charge in [-0.3, -0.25) is 9.78 Å². The minimum absolute atomic E-state index is 0.123. The first-order valence-electron chi connectivity index (χ1n) is 11.7. The van der Waals surface area contributed by atoms with E-state index >= 15 is 0 Å². The molecule has 0 saturated carbocycles. The third kappa shape index (κ3) is 5.24. The summed E-state index contributed by atoms with van der Waals surface area (Å²) < 4.78 is 5.50. The maximum absolute atomic E-state index is 12.9. The van der Waals surface area contributed by atoms with Crippen LogP contribution in [0.4, 0.5) is 11.4 Å². The summed E-state index contributed by atoms with van der Waals surface area (Å²) in [5.74, 6) is -0.123. The topological polar surface area (TPSA) is 57.3 Å². The van der Waals surface area contributed by atoms with E-state index in [1.54, 1.807) is 12.1 Å². The van der Waals surface area contributed by atoms with E-state index in [1.807, 2.05) is 80.7 Å². The zero-order valence-corrected chi connectivity index (χ0v) is 20.7. The van der Waals surface area contributed by atoms with Crippen molar-refractivity contribution in [3.05, 3.63) is 90.1 Å². The molecule has 5 rings (SSSR count). The van der Waals surface area contributed by atoms with Gasteiger partial charge in [0.15, 0.2) is 0 Å². The number of aryl methyl sites for hydroxylation is 1. The molecule has 0 bridgehead atoms. The summed E-state index contributed by atoms with van der Waals surface area (Å²) in [5.41, 5.74) is 5.54. The molecule has 0 aliphatic carbocycles. The lowest BCUT2D eigenvalue weighted by molar-refractivity contribution is 0.102. The largest absolute Gasteiger partial charge is 0.322 e. The Morgan fingerprint density at radius 3 is 2.59 bits per heavy atom. The quantitative estimate of drug-likeness (QED) is 0.319. The lowest BCUT2D eigenvalue weighted by Crippen LogP contribution is -2.29. The SMILES string of the molecule is CC.Cc1ccc(NC(=O)c2ccc(N3CCCNS3)cc2)cc1-c1nccc2ccccc12. The highest BCUT2D eigenvalue weighted by atomic mass is 32.2. The van der Waals surface area contributed by atoms with Crippen LogP contribution in [0.15, 0.2) is 79.0 Å². The molecular formula is C28H30N4OS. The lowest BCUT2D eigenvalue weighted by atomic mass is 9.99. The summed E-state index contributed by atoms with van der Waals surface area (Å²) in [6.07, 6.45) is 2.94. The van der Waals surface area contributed by atoms with Crippen molar-refractivity contribution in [1.82, 2.24) is 9.71 Å². The average Bonchev–Trinajstić information content (AvgIpc) is 2.91. The Kier molecular flexibility index (Phi) is 7.83. The van der Waals surface area contributed by atoms with Crippen LogP contribution in [0.1, 0.15) is 36.2 Å². The molecule has 1 aliphatic heterocycles. The Hall–Kier alpha value is -3.35. The van der Waals surface area contributed by atoms with Crippen molar-refractivity contribution in [3.63, 3.8) is 0 Å². The van der Waals surface area contributed by atoms with Gasteiger partial charge in [0.25, 0.3) is 5.91 Å². The van der Waals surface area contributed by atoms with Gasteiger partial charge in [-0.15, -0.1) is 0 Å². The fourth-order valence-electron chi connectivity index (χ4n) is 3.92. The number of rotatable bonds is 4. The molecule has 5 nitrogen and oxygen atoms in total. The molecule has 4 aromatic rings. The first kappa shape index (κ1) is 23.8. The van der Waals surface area contributed by atoms with Crippen molar-refractivity contribution in [3.8, 4) is 11.3 Å². The van der Waals surface area contributed by atoms with Gasteiger partial charge >= 0.3 is 0 Å². The second-order valence-corrected chi connectivity index (χ2v) is 8.76. The third-order valence-electron chi connectivity index (χ3n) is 5.66. The number of aromatic nitrogens is 1. The van der Waals surface area contributed by atoms with Gasteiger partial charge in [0.2, 0.25) is 0 Å². The second-order valence-electron chi connectivity index (χ2n) is 7.85. The summed E-state index contributed by atoms with van der Waals surface area (Å²) in [6, 6.07) is 24.0. The summed E-state index contributed by atoms with van der Waals surface area (Å²) in [5, 5.41) is 5.29. The number of nitrogens with zero attached hydrogens (tertiary/aromatic N) is 2. The molecule has 0 unspecified atom stereocenters. The first-order valence-corrected chi connectivity index (χ1v) is 12.5. The van der Waals surface area contributed by atoms with Crippen molar-refractivity contribution in [2.75, 3.05) is 22.7 Å². The van der Waals surface area contributed by atoms with Crippen LogP contribution in [-0.4, -0.2) is 24.0 Å². The van der Waals surface area contributed by atoms with Crippen LogP contribution in [0.3, 0.4) is 0 Å². The number of amides is 1. The summed E-state index contributed by atoms with van der Waals surface area (Å²) >= 11 is 1.61. The van der Waals surface area contributed by atoms with Gasteiger partial charge in [-0.1, -0.05) is 44.2 Å². The molecule has 0 spiro atoms. The highest BCUT2D eigenvalue weighted by molar-refractivity contribution is 7.98. The molecule has 1 saturated heterocycles. The zero-order valence-electron chi connectivity index (χ0n) is 19.8. The lowest BCUT2D eigenvalue weighted by Gasteiger charge is -2.27. The number of nitrogens with one attached hydrogen (secondary N) is 2. The Morgan fingerprint density at radius 2 is 1.82 bits per heavy atom. The fraction of sp³-hybridized carbons (Fsp3) is 0.214. The van der Waals surface area contributed by atoms with Gasteiger partial charge in [0.05, 0.1) is 5.69 Å². The van der Waals surface area contributed by atoms with Gasteiger partial charge in [0, 0.05) is 59.3 Å². The zero-order chi connectivity index (χ0) is 23.9. The van der Waals surface area contributed by atoms with Gasteiger partial charge in [-0.2, -0.15) is 0 Å². The Labute approximate surface area is 205 Å². The van der Waals surface area contributed by atoms with E-state index in [0.717, 1.165) is 58.5 Å². The number of hydrogen-bond acceptors (Lipinski definition) is 5. The Morgan fingerprint density at radius 1 is 1.03 bits per heavy atom. The first-order chi connectivity index (χ1) is 16.7. The number of carbonyl (C=O) groups is 1. The minimum atomic E-state index is -0.123. The Balaban J connectivity index is 0.00000133. The summed E-state index contributed by atoms with van der Waals surface area (Å²) in [4.78, 5) is 17.5. The molecule has 34 heavy (non-hydrogen) atoms. The van der Waals surface area contributed by atoms with Crippen molar-refractivity contribution in [2.24, 2.45) is 0 Å². The average molecular weight is 471 g/mol. The molecule has 6 heteroatoms. The number of hydrogen-bond donors (Lipinski definition) is 2. The van der Waals surface area contributed by atoms with Crippen LogP contribution < -0.4 is 14.3 Å². The third-order valence-corrected chi connectivity index (χ3v) is 6.60.